The average Bonchev–Trinajstić information content (AvgIpc) is 2.28. The van der Waals surface area contributed by atoms with Crippen LogP contribution in [-0.4, -0.2) is 44.5 Å². The molecule has 0 aromatic heterocycles. The quantitative estimate of drug-likeness (QED) is 0.369. The van der Waals surface area contributed by atoms with E-state index in [0.717, 1.165) is 26.2 Å². The molecular weight excluding hydrogens is 228 g/mol. The summed E-state index contributed by atoms with van der Waals surface area (Å²) in [6.45, 7) is 4.69. The maximum atomic E-state index is 10.8. The van der Waals surface area contributed by atoms with Crippen LogP contribution >= 0.6 is 12.2 Å². The van der Waals surface area contributed by atoms with Crippen LogP contribution in [0.2, 0.25) is 0 Å². The lowest BCUT2D eigenvalue weighted by Gasteiger charge is -2.09. The minimum Gasteiger partial charge on any atom is -0.469 e. The van der Waals surface area contributed by atoms with Crippen LogP contribution in [0.4, 0.5) is 0 Å². The summed E-state index contributed by atoms with van der Waals surface area (Å²) in [5.41, 5.74) is 0. The summed E-state index contributed by atoms with van der Waals surface area (Å²) in [7, 11) is 1.37. The molecule has 0 radical (unpaired) electrons. The second-order valence-corrected chi connectivity index (χ2v) is 3.47. The first-order chi connectivity index (χ1) is 7.70. The zero-order valence-corrected chi connectivity index (χ0v) is 10.7. The van der Waals surface area contributed by atoms with Crippen molar-refractivity contribution in [2.24, 2.45) is 0 Å². The van der Waals surface area contributed by atoms with Gasteiger partial charge in [-0.05, 0) is 25.6 Å². The Labute approximate surface area is 102 Å². The number of carbonyl (C=O) groups is 1. The second-order valence-electron chi connectivity index (χ2n) is 3.06. The summed E-state index contributed by atoms with van der Waals surface area (Å²) in [5, 5.41) is 6.49. The van der Waals surface area contributed by atoms with Crippen molar-refractivity contribution in [2.45, 2.75) is 19.8 Å². The Kier molecular flexibility index (Phi) is 10.0. The molecule has 0 aliphatic rings. The van der Waals surface area contributed by atoms with Gasteiger partial charge in [0.05, 0.1) is 13.5 Å². The second kappa shape index (κ2) is 10.6. The number of methoxy groups -OCH3 is 1. The van der Waals surface area contributed by atoms with Crippen LogP contribution in [0.3, 0.4) is 0 Å². The lowest BCUT2D eigenvalue weighted by atomic mass is 10.4. The Balaban J connectivity index is 3.28. The largest absolute Gasteiger partial charge is 0.469 e. The third kappa shape index (κ3) is 9.67. The van der Waals surface area contributed by atoms with Crippen LogP contribution in [0.1, 0.15) is 19.8 Å². The van der Waals surface area contributed by atoms with Crippen LogP contribution in [0.5, 0.6) is 0 Å². The molecule has 0 saturated carbocycles. The molecule has 0 amide bonds. The first kappa shape index (κ1) is 15.1. The van der Waals surface area contributed by atoms with Gasteiger partial charge in [-0.1, -0.05) is 0 Å². The van der Waals surface area contributed by atoms with Crippen LogP contribution in [0.25, 0.3) is 0 Å². The van der Waals surface area contributed by atoms with Crippen molar-refractivity contribution in [1.82, 2.24) is 10.6 Å². The third-order valence-electron chi connectivity index (χ3n) is 1.80. The van der Waals surface area contributed by atoms with E-state index in [1.165, 1.54) is 7.11 Å². The molecule has 5 nitrogen and oxygen atoms in total. The molecule has 0 aromatic carbocycles. The highest BCUT2D eigenvalue weighted by Gasteiger charge is 2.00. The molecule has 0 heterocycles. The van der Waals surface area contributed by atoms with Crippen molar-refractivity contribution < 1.29 is 14.3 Å². The predicted molar refractivity (Wildman–Crippen MR) is 66.3 cm³/mol. The van der Waals surface area contributed by atoms with E-state index in [1.807, 2.05) is 6.92 Å². The fraction of sp³-hybridized carbons (Fsp3) is 0.800. The summed E-state index contributed by atoms with van der Waals surface area (Å²) in [6, 6.07) is 0. The Morgan fingerprint density at radius 1 is 1.31 bits per heavy atom. The van der Waals surface area contributed by atoms with E-state index in [-0.39, 0.29) is 5.97 Å². The number of rotatable bonds is 8. The molecule has 2 N–H and O–H groups in total. The zero-order chi connectivity index (χ0) is 12.2. The number of hydrogen-bond acceptors (Lipinski definition) is 4. The van der Waals surface area contributed by atoms with Crippen LogP contribution in [0, 0.1) is 0 Å². The summed E-state index contributed by atoms with van der Waals surface area (Å²) in [5.74, 6) is -0.244. The van der Waals surface area contributed by atoms with Gasteiger partial charge in [-0.25, -0.2) is 0 Å². The van der Waals surface area contributed by atoms with Crippen molar-refractivity contribution in [3.8, 4) is 0 Å². The van der Waals surface area contributed by atoms with E-state index in [9.17, 15) is 4.79 Å². The fourth-order valence-electron chi connectivity index (χ4n) is 0.963. The summed E-state index contributed by atoms with van der Waals surface area (Å²) in [6.07, 6.45) is 1.23. The van der Waals surface area contributed by atoms with Crippen molar-refractivity contribution in [3.05, 3.63) is 0 Å². The van der Waals surface area contributed by atoms with Crippen LogP contribution < -0.4 is 10.6 Å². The number of esters is 1. The van der Waals surface area contributed by atoms with Gasteiger partial charge >= 0.3 is 5.97 Å². The Morgan fingerprint density at radius 3 is 2.62 bits per heavy atom. The Morgan fingerprint density at radius 2 is 2.00 bits per heavy atom. The van der Waals surface area contributed by atoms with Crippen molar-refractivity contribution in [3.63, 3.8) is 0 Å². The highest BCUT2D eigenvalue weighted by atomic mass is 32.1. The van der Waals surface area contributed by atoms with E-state index in [1.54, 1.807) is 0 Å². The molecule has 0 saturated heterocycles. The number of carbonyl (C=O) groups excluding carboxylic acids is 1. The summed E-state index contributed by atoms with van der Waals surface area (Å²) < 4.78 is 9.68. The maximum Gasteiger partial charge on any atom is 0.307 e. The van der Waals surface area contributed by atoms with Gasteiger partial charge in [0.2, 0.25) is 0 Å². The molecule has 0 bridgehead atoms. The molecule has 0 fully saturated rings. The van der Waals surface area contributed by atoms with Crippen LogP contribution in [-0.2, 0) is 14.3 Å². The fourth-order valence-corrected chi connectivity index (χ4v) is 1.17. The molecule has 16 heavy (non-hydrogen) atoms. The third-order valence-corrected chi connectivity index (χ3v) is 2.09. The van der Waals surface area contributed by atoms with E-state index < -0.39 is 0 Å². The normalized spacial score (nSPS) is 9.62. The van der Waals surface area contributed by atoms with Gasteiger partial charge in [-0.3, -0.25) is 4.79 Å². The van der Waals surface area contributed by atoms with Gasteiger partial charge in [0.1, 0.15) is 0 Å². The van der Waals surface area contributed by atoms with E-state index >= 15 is 0 Å². The van der Waals surface area contributed by atoms with E-state index in [4.69, 9.17) is 17.0 Å². The van der Waals surface area contributed by atoms with E-state index in [2.05, 4.69) is 15.4 Å². The first-order valence-corrected chi connectivity index (χ1v) is 5.77. The topological polar surface area (TPSA) is 59.6 Å². The summed E-state index contributed by atoms with van der Waals surface area (Å²) in [4.78, 5) is 10.8. The first-order valence-electron chi connectivity index (χ1n) is 5.37. The predicted octanol–water partition coefficient (Wildman–Crippen LogP) is 0.440. The molecule has 0 aliphatic heterocycles. The zero-order valence-electron chi connectivity index (χ0n) is 9.88. The number of nitrogens with one attached hydrogen (secondary N) is 2. The van der Waals surface area contributed by atoms with Gasteiger partial charge in [0, 0.05) is 26.3 Å². The molecule has 0 unspecified atom stereocenters. The SMILES string of the molecule is CCOCCCNC(=S)NCCC(=O)OC. The average molecular weight is 248 g/mol. The number of thiocarbonyl (C=S) groups is 1. The maximum absolute atomic E-state index is 10.8. The Bertz CT molecular complexity index is 212. The monoisotopic (exact) mass is 248 g/mol. The number of ether oxygens (including phenoxy) is 2. The lowest BCUT2D eigenvalue weighted by Crippen LogP contribution is -2.37. The highest BCUT2D eigenvalue weighted by Crippen LogP contribution is 1.83. The minimum absolute atomic E-state index is 0.244. The van der Waals surface area contributed by atoms with Gasteiger partial charge < -0.3 is 20.1 Å². The lowest BCUT2D eigenvalue weighted by molar-refractivity contribution is -0.140. The number of hydrogen-bond donors (Lipinski definition) is 2. The van der Waals surface area contributed by atoms with Gasteiger partial charge in [-0.2, -0.15) is 0 Å². The summed E-state index contributed by atoms with van der Waals surface area (Å²) >= 11 is 5.01. The molecular formula is C10H20N2O3S. The van der Waals surface area contributed by atoms with Crippen LogP contribution in [0.15, 0.2) is 0 Å². The van der Waals surface area contributed by atoms with Crippen molar-refractivity contribution >= 4 is 23.3 Å². The van der Waals surface area contributed by atoms with Gasteiger partial charge in [0.15, 0.2) is 5.11 Å². The smallest absolute Gasteiger partial charge is 0.307 e. The standard InChI is InChI=1S/C10H20N2O3S/c1-3-15-8-4-6-11-10(16)12-7-5-9(13)14-2/h3-8H2,1-2H3,(H2,11,12,16). The molecule has 0 rings (SSSR count). The highest BCUT2D eigenvalue weighted by molar-refractivity contribution is 7.80. The van der Waals surface area contributed by atoms with Gasteiger partial charge in [-0.15, -0.1) is 0 Å². The molecule has 0 atom stereocenters. The Hall–Kier alpha value is -0.880. The molecule has 0 aromatic rings. The molecule has 6 heteroatoms. The molecule has 0 spiro atoms. The molecule has 0 aliphatic carbocycles. The van der Waals surface area contributed by atoms with Crippen molar-refractivity contribution in [2.75, 3.05) is 33.4 Å². The van der Waals surface area contributed by atoms with Crippen molar-refractivity contribution in [1.29, 1.82) is 0 Å². The van der Waals surface area contributed by atoms with E-state index in [0.29, 0.717) is 18.1 Å². The molecule has 94 valence electrons. The minimum atomic E-state index is -0.244. The van der Waals surface area contributed by atoms with Gasteiger partial charge in [0.25, 0.3) is 0 Å².